The van der Waals surface area contributed by atoms with Crippen LogP contribution in [0, 0.1) is 0 Å². The van der Waals surface area contributed by atoms with Crippen LogP contribution >= 0.6 is 0 Å². The van der Waals surface area contributed by atoms with Gasteiger partial charge < -0.3 is 14.8 Å². The lowest BCUT2D eigenvalue weighted by molar-refractivity contribution is 0.102. The molecule has 0 saturated heterocycles. The molecule has 0 fully saturated rings. The van der Waals surface area contributed by atoms with Crippen LogP contribution in [-0.2, 0) is 0 Å². The van der Waals surface area contributed by atoms with Gasteiger partial charge in [0.2, 0.25) is 0 Å². The molecule has 0 aliphatic carbocycles. The molecule has 4 heteroatoms. The Balaban J connectivity index is 2.07. The van der Waals surface area contributed by atoms with Crippen molar-refractivity contribution >= 4 is 11.6 Å². The van der Waals surface area contributed by atoms with E-state index in [-0.39, 0.29) is 5.91 Å². The molecule has 0 saturated carbocycles. The topological polar surface area (TPSA) is 47.6 Å². The molecule has 0 aliphatic heterocycles. The molecule has 1 amide bonds. The van der Waals surface area contributed by atoms with E-state index in [0.717, 1.165) is 18.6 Å². The van der Waals surface area contributed by atoms with Crippen LogP contribution in [0.4, 0.5) is 5.69 Å². The molecule has 0 heterocycles. The first-order valence-electron chi connectivity index (χ1n) is 7.42. The number of hydrogen-bond acceptors (Lipinski definition) is 3. The fourth-order valence-corrected chi connectivity index (χ4v) is 1.98. The van der Waals surface area contributed by atoms with Gasteiger partial charge in [0, 0.05) is 5.69 Å². The quantitative estimate of drug-likeness (QED) is 0.782. The summed E-state index contributed by atoms with van der Waals surface area (Å²) in [6.45, 7) is 2.72. The first-order valence-corrected chi connectivity index (χ1v) is 7.42. The van der Waals surface area contributed by atoms with Gasteiger partial charge in [-0.2, -0.15) is 0 Å². The molecule has 0 radical (unpaired) electrons. The van der Waals surface area contributed by atoms with Crippen molar-refractivity contribution in [1.82, 2.24) is 0 Å². The molecule has 0 atom stereocenters. The summed E-state index contributed by atoms with van der Waals surface area (Å²) < 4.78 is 10.8. The van der Waals surface area contributed by atoms with Crippen molar-refractivity contribution in [2.24, 2.45) is 0 Å². The van der Waals surface area contributed by atoms with Gasteiger partial charge in [-0.1, -0.05) is 25.5 Å². The molecule has 116 valence electrons. The third kappa shape index (κ3) is 4.25. The molecule has 4 nitrogen and oxygen atoms in total. The number of para-hydroxylation sites is 1. The van der Waals surface area contributed by atoms with Crippen molar-refractivity contribution in [3.8, 4) is 11.5 Å². The SMILES string of the molecule is CCCCOc1ccccc1C(=O)Nc1ccc(OC)cc1. The highest BCUT2D eigenvalue weighted by Gasteiger charge is 2.12. The number of unbranched alkanes of at least 4 members (excludes halogenated alkanes) is 1. The Morgan fingerprint density at radius 3 is 2.50 bits per heavy atom. The van der Waals surface area contributed by atoms with E-state index >= 15 is 0 Å². The molecule has 1 N–H and O–H groups in total. The lowest BCUT2D eigenvalue weighted by Crippen LogP contribution is -2.13. The van der Waals surface area contributed by atoms with E-state index in [4.69, 9.17) is 9.47 Å². The van der Waals surface area contributed by atoms with Gasteiger partial charge in [0.05, 0.1) is 19.3 Å². The summed E-state index contributed by atoms with van der Waals surface area (Å²) in [5.41, 5.74) is 1.25. The standard InChI is InChI=1S/C18H21NO3/c1-3-4-13-22-17-8-6-5-7-16(17)18(20)19-14-9-11-15(21-2)12-10-14/h5-12H,3-4,13H2,1-2H3,(H,19,20). The second-order valence-corrected chi connectivity index (χ2v) is 4.88. The first-order chi connectivity index (χ1) is 10.7. The second-order valence-electron chi connectivity index (χ2n) is 4.88. The average Bonchev–Trinajstić information content (AvgIpc) is 2.56. The van der Waals surface area contributed by atoms with Crippen LogP contribution in [0.3, 0.4) is 0 Å². The highest BCUT2D eigenvalue weighted by molar-refractivity contribution is 6.06. The average molecular weight is 299 g/mol. The van der Waals surface area contributed by atoms with Crippen molar-refractivity contribution < 1.29 is 14.3 Å². The van der Waals surface area contributed by atoms with Crippen LogP contribution in [0.25, 0.3) is 0 Å². The predicted octanol–water partition coefficient (Wildman–Crippen LogP) is 4.13. The third-order valence-electron chi connectivity index (χ3n) is 3.24. The van der Waals surface area contributed by atoms with Crippen LogP contribution in [0.15, 0.2) is 48.5 Å². The minimum atomic E-state index is -0.183. The molecule has 0 spiro atoms. The summed E-state index contributed by atoms with van der Waals surface area (Å²) in [7, 11) is 1.61. The van der Waals surface area contributed by atoms with Gasteiger partial charge in [-0.25, -0.2) is 0 Å². The van der Waals surface area contributed by atoms with Crippen LogP contribution < -0.4 is 14.8 Å². The molecule has 0 bridgehead atoms. The Kier molecular flexibility index (Phi) is 5.83. The Hall–Kier alpha value is -2.49. The zero-order valence-corrected chi connectivity index (χ0v) is 13.0. The van der Waals surface area contributed by atoms with E-state index in [0.29, 0.717) is 23.6 Å². The number of anilines is 1. The number of amides is 1. The monoisotopic (exact) mass is 299 g/mol. The number of methoxy groups -OCH3 is 1. The van der Waals surface area contributed by atoms with Gasteiger partial charge in [-0.05, 0) is 42.8 Å². The van der Waals surface area contributed by atoms with Crippen molar-refractivity contribution in [2.75, 3.05) is 19.0 Å². The van der Waals surface area contributed by atoms with Gasteiger partial charge in [0.15, 0.2) is 0 Å². The Morgan fingerprint density at radius 2 is 1.82 bits per heavy atom. The summed E-state index contributed by atoms with van der Waals surface area (Å²) >= 11 is 0. The van der Waals surface area contributed by atoms with E-state index in [9.17, 15) is 4.79 Å². The van der Waals surface area contributed by atoms with Crippen LogP contribution in [0.2, 0.25) is 0 Å². The molecular formula is C18H21NO3. The number of ether oxygens (including phenoxy) is 2. The zero-order valence-electron chi connectivity index (χ0n) is 13.0. The van der Waals surface area contributed by atoms with Crippen LogP contribution in [-0.4, -0.2) is 19.6 Å². The minimum absolute atomic E-state index is 0.183. The largest absolute Gasteiger partial charge is 0.497 e. The Labute approximate surface area is 131 Å². The van der Waals surface area contributed by atoms with Crippen molar-refractivity contribution in [3.63, 3.8) is 0 Å². The highest BCUT2D eigenvalue weighted by Crippen LogP contribution is 2.21. The number of nitrogens with one attached hydrogen (secondary N) is 1. The summed E-state index contributed by atoms with van der Waals surface area (Å²) in [6, 6.07) is 14.5. The smallest absolute Gasteiger partial charge is 0.259 e. The Morgan fingerprint density at radius 1 is 1.09 bits per heavy atom. The van der Waals surface area contributed by atoms with Gasteiger partial charge in [0.1, 0.15) is 11.5 Å². The van der Waals surface area contributed by atoms with Gasteiger partial charge in [-0.3, -0.25) is 4.79 Å². The number of hydrogen-bond donors (Lipinski definition) is 1. The molecule has 2 aromatic rings. The number of rotatable bonds is 7. The van der Waals surface area contributed by atoms with Crippen LogP contribution in [0.5, 0.6) is 11.5 Å². The van der Waals surface area contributed by atoms with E-state index in [1.54, 1.807) is 37.4 Å². The zero-order chi connectivity index (χ0) is 15.8. The maximum atomic E-state index is 12.4. The fourth-order valence-electron chi connectivity index (χ4n) is 1.98. The minimum Gasteiger partial charge on any atom is -0.497 e. The third-order valence-corrected chi connectivity index (χ3v) is 3.24. The normalized spacial score (nSPS) is 10.1. The molecule has 2 rings (SSSR count). The molecule has 0 aromatic heterocycles. The maximum absolute atomic E-state index is 12.4. The second kappa shape index (κ2) is 8.08. The summed E-state index contributed by atoms with van der Waals surface area (Å²) in [4.78, 5) is 12.4. The number of carbonyl (C=O) groups excluding carboxylic acids is 1. The predicted molar refractivity (Wildman–Crippen MR) is 87.8 cm³/mol. The van der Waals surface area contributed by atoms with Crippen molar-refractivity contribution in [2.45, 2.75) is 19.8 Å². The van der Waals surface area contributed by atoms with Crippen LogP contribution in [0.1, 0.15) is 30.1 Å². The van der Waals surface area contributed by atoms with Crippen molar-refractivity contribution in [3.05, 3.63) is 54.1 Å². The molecular weight excluding hydrogens is 278 g/mol. The fraction of sp³-hybridized carbons (Fsp3) is 0.278. The molecule has 0 aliphatic rings. The first kappa shape index (κ1) is 15.9. The van der Waals surface area contributed by atoms with E-state index in [1.165, 1.54) is 0 Å². The lowest BCUT2D eigenvalue weighted by Gasteiger charge is -2.11. The number of benzene rings is 2. The highest BCUT2D eigenvalue weighted by atomic mass is 16.5. The lowest BCUT2D eigenvalue weighted by atomic mass is 10.2. The summed E-state index contributed by atoms with van der Waals surface area (Å²) in [6.07, 6.45) is 2.02. The molecule has 0 unspecified atom stereocenters. The Bertz CT molecular complexity index is 608. The van der Waals surface area contributed by atoms with E-state index in [2.05, 4.69) is 12.2 Å². The van der Waals surface area contributed by atoms with Crippen molar-refractivity contribution in [1.29, 1.82) is 0 Å². The molecule has 2 aromatic carbocycles. The van der Waals surface area contributed by atoms with Gasteiger partial charge in [-0.15, -0.1) is 0 Å². The van der Waals surface area contributed by atoms with E-state index < -0.39 is 0 Å². The number of carbonyl (C=O) groups is 1. The molecule has 22 heavy (non-hydrogen) atoms. The van der Waals surface area contributed by atoms with Gasteiger partial charge in [0.25, 0.3) is 5.91 Å². The maximum Gasteiger partial charge on any atom is 0.259 e. The van der Waals surface area contributed by atoms with Gasteiger partial charge >= 0.3 is 0 Å². The summed E-state index contributed by atoms with van der Waals surface area (Å²) in [5.74, 6) is 1.18. The van der Waals surface area contributed by atoms with E-state index in [1.807, 2.05) is 18.2 Å². The summed E-state index contributed by atoms with van der Waals surface area (Å²) in [5, 5.41) is 2.87.